The number of carbonyl (C=O) groups excluding carboxylic acids is 1. The monoisotopic (exact) mass is 323 g/mol. The molecule has 0 bridgehead atoms. The maximum absolute atomic E-state index is 14.0. The van der Waals surface area contributed by atoms with E-state index in [9.17, 15) is 27.2 Å². The fraction of sp³-hybridized carbons (Fsp3) is 0.385. The second-order valence-electron chi connectivity index (χ2n) is 4.34. The zero-order valence-electron chi connectivity index (χ0n) is 11.4. The molecule has 2 N–H and O–H groups in total. The van der Waals surface area contributed by atoms with Crippen LogP contribution >= 0.6 is 0 Å². The second kappa shape index (κ2) is 7.74. The Labute approximate surface area is 122 Å². The fourth-order valence-corrected chi connectivity index (χ4v) is 2.04. The quantitative estimate of drug-likeness (QED) is 0.433. The molecule has 1 rings (SSSR count). The minimum absolute atomic E-state index is 0.0623. The van der Waals surface area contributed by atoms with Crippen molar-refractivity contribution in [2.24, 2.45) is 5.92 Å². The van der Waals surface area contributed by atoms with Crippen molar-refractivity contribution in [3.8, 4) is 5.75 Å². The van der Waals surface area contributed by atoms with E-state index < -0.39 is 47.4 Å². The Morgan fingerprint density at radius 2 is 1.91 bits per heavy atom. The van der Waals surface area contributed by atoms with Crippen molar-refractivity contribution in [3.05, 3.63) is 29.3 Å². The van der Waals surface area contributed by atoms with Crippen molar-refractivity contribution in [1.29, 1.82) is 0 Å². The van der Waals surface area contributed by atoms with E-state index >= 15 is 0 Å². The van der Waals surface area contributed by atoms with Crippen molar-refractivity contribution in [2.75, 3.05) is 13.6 Å². The maximum Gasteiger partial charge on any atom is 0.387 e. The van der Waals surface area contributed by atoms with E-state index in [1.54, 1.807) is 0 Å². The molecule has 122 valence electrons. The molecule has 9 heteroatoms. The number of carboxylic acids is 1. The summed E-state index contributed by atoms with van der Waals surface area (Å²) in [6.07, 6.45) is 0.0623. The van der Waals surface area contributed by atoms with Gasteiger partial charge in [-0.3, -0.25) is 4.79 Å². The van der Waals surface area contributed by atoms with Crippen LogP contribution in [0.25, 0.3) is 0 Å². The largest absolute Gasteiger partial charge is 0.481 e. The molecule has 0 fully saturated rings. The highest BCUT2D eigenvalue weighted by atomic mass is 19.3. The molecule has 0 aliphatic carbocycles. The smallest absolute Gasteiger partial charge is 0.387 e. The van der Waals surface area contributed by atoms with Crippen LogP contribution in [-0.2, 0) is 9.59 Å². The lowest BCUT2D eigenvalue weighted by Crippen LogP contribution is -2.31. The van der Waals surface area contributed by atoms with Crippen LogP contribution < -0.4 is 10.1 Å². The lowest BCUT2D eigenvalue weighted by atomic mass is 9.86. The van der Waals surface area contributed by atoms with E-state index in [4.69, 9.17) is 5.11 Å². The number of aldehydes is 1. The molecule has 1 aromatic carbocycles. The van der Waals surface area contributed by atoms with Gasteiger partial charge in [0.2, 0.25) is 0 Å². The fourth-order valence-electron chi connectivity index (χ4n) is 2.04. The third-order valence-electron chi connectivity index (χ3n) is 2.94. The molecular weight excluding hydrogens is 310 g/mol. The molecule has 0 spiro atoms. The molecule has 22 heavy (non-hydrogen) atoms. The number of halogens is 4. The summed E-state index contributed by atoms with van der Waals surface area (Å²) in [5.74, 6) is -7.89. The van der Waals surface area contributed by atoms with Gasteiger partial charge < -0.3 is 20.0 Å². The highest BCUT2D eigenvalue weighted by Gasteiger charge is 2.33. The molecule has 1 aromatic rings. The van der Waals surface area contributed by atoms with Gasteiger partial charge >= 0.3 is 12.6 Å². The third kappa shape index (κ3) is 4.17. The number of carbonyl (C=O) groups is 2. The summed E-state index contributed by atoms with van der Waals surface area (Å²) in [5, 5.41) is 11.5. The lowest BCUT2D eigenvalue weighted by Gasteiger charge is -2.21. The minimum Gasteiger partial charge on any atom is -0.481 e. The Hall–Kier alpha value is -2.16. The highest BCUT2D eigenvalue weighted by molar-refractivity contribution is 5.87. The predicted molar refractivity (Wildman–Crippen MR) is 66.8 cm³/mol. The number of likely N-dealkylation sites (N-methyl/N-ethyl adjacent to an activating group) is 1. The van der Waals surface area contributed by atoms with Crippen LogP contribution in [0.3, 0.4) is 0 Å². The van der Waals surface area contributed by atoms with Crippen LogP contribution in [0, 0.1) is 17.6 Å². The number of nitrogens with one attached hydrogen (secondary N) is 1. The summed E-state index contributed by atoms with van der Waals surface area (Å²) in [7, 11) is 1.40. The number of alkyl halides is 2. The van der Waals surface area contributed by atoms with Gasteiger partial charge in [-0.2, -0.15) is 8.78 Å². The van der Waals surface area contributed by atoms with E-state index in [1.165, 1.54) is 7.05 Å². The summed E-state index contributed by atoms with van der Waals surface area (Å²) in [5.41, 5.74) is -0.685. The molecule has 0 aromatic heterocycles. The molecule has 0 amide bonds. The maximum atomic E-state index is 14.0. The van der Waals surface area contributed by atoms with Gasteiger partial charge in [-0.25, -0.2) is 8.78 Å². The summed E-state index contributed by atoms with van der Waals surface area (Å²) in [6.45, 7) is -3.47. The van der Waals surface area contributed by atoms with Crippen LogP contribution in [0.4, 0.5) is 17.6 Å². The Bertz CT molecular complexity index is 530. The topological polar surface area (TPSA) is 75.6 Å². The Balaban J connectivity index is 3.30. The molecule has 2 atom stereocenters. The Morgan fingerprint density at radius 3 is 2.27 bits per heavy atom. The van der Waals surface area contributed by atoms with Crippen LogP contribution in [0.15, 0.2) is 12.1 Å². The van der Waals surface area contributed by atoms with Crippen LogP contribution in [0.2, 0.25) is 0 Å². The minimum atomic E-state index is -3.26. The molecular formula is C13H13F4NO4. The zero-order valence-corrected chi connectivity index (χ0v) is 11.4. The normalized spacial score (nSPS) is 13.7. The molecule has 0 radical (unpaired) electrons. The SMILES string of the molecule is CNCC(c1c(F)cc(OC(F)F)cc1F)[C@@H](C=O)C(=O)O. The first-order valence-corrected chi connectivity index (χ1v) is 6.08. The molecule has 0 aliphatic rings. The first-order valence-electron chi connectivity index (χ1n) is 6.08. The van der Waals surface area contributed by atoms with Crippen LogP contribution in [-0.4, -0.2) is 37.6 Å². The standard InChI is InChI=1S/C13H13F4NO4/c1-18-4-7(8(5-19)12(20)21)11-9(14)2-6(3-10(11)15)22-13(16)17/h2-3,5,7-8,13,18H,4H2,1H3,(H,20,21)/t7?,8-/m1/s1. The van der Waals surface area contributed by atoms with Crippen LogP contribution in [0.1, 0.15) is 11.5 Å². The molecule has 0 aliphatic heterocycles. The number of hydrogen-bond donors (Lipinski definition) is 2. The first kappa shape index (κ1) is 17.9. The number of rotatable bonds is 8. The number of benzene rings is 1. The number of aliphatic carboxylic acids is 1. The van der Waals surface area contributed by atoms with Crippen molar-refractivity contribution in [1.82, 2.24) is 5.32 Å². The summed E-state index contributed by atoms with van der Waals surface area (Å²) in [4.78, 5) is 21.9. The van der Waals surface area contributed by atoms with Gasteiger partial charge in [0.25, 0.3) is 0 Å². The molecule has 5 nitrogen and oxygen atoms in total. The van der Waals surface area contributed by atoms with E-state index in [0.717, 1.165) is 0 Å². The Kier molecular flexibility index (Phi) is 6.29. The van der Waals surface area contributed by atoms with Gasteiger partial charge in [-0.1, -0.05) is 0 Å². The van der Waals surface area contributed by atoms with Crippen molar-refractivity contribution in [3.63, 3.8) is 0 Å². The van der Waals surface area contributed by atoms with E-state index in [-0.39, 0.29) is 12.8 Å². The molecule has 1 unspecified atom stereocenters. The van der Waals surface area contributed by atoms with Crippen LogP contribution in [0.5, 0.6) is 5.75 Å². The summed E-state index contributed by atoms with van der Waals surface area (Å²) >= 11 is 0. The number of ether oxygens (including phenoxy) is 1. The van der Waals surface area contributed by atoms with E-state index in [2.05, 4.69) is 10.1 Å². The van der Waals surface area contributed by atoms with Gasteiger partial charge in [0, 0.05) is 30.2 Å². The molecule has 0 saturated heterocycles. The average molecular weight is 323 g/mol. The van der Waals surface area contributed by atoms with E-state index in [0.29, 0.717) is 12.1 Å². The van der Waals surface area contributed by atoms with Crippen molar-refractivity contribution in [2.45, 2.75) is 12.5 Å². The number of hydrogen-bond acceptors (Lipinski definition) is 4. The zero-order chi connectivity index (χ0) is 16.9. The second-order valence-corrected chi connectivity index (χ2v) is 4.34. The molecule has 0 heterocycles. The van der Waals surface area contributed by atoms with Gasteiger partial charge in [0.15, 0.2) is 0 Å². The van der Waals surface area contributed by atoms with E-state index in [1.807, 2.05) is 0 Å². The average Bonchev–Trinajstić information content (AvgIpc) is 2.37. The number of carboxylic acid groups (broad SMARTS) is 1. The van der Waals surface area contributed by atoms with Gasteiger partial charge in [-0.15, -0.1) is 0 Å². The summed E-state index contributed by atoms with van der Waals surface area (Å²) in [6, 6.07) is 1.02. The Morgan fingerprint density at radius 1 is 1.36 bits per heavy atom. The van der Waals surface area contributed by atoms with Gasteiger partial charge in [0.05, 0.1) is 0 Å². The van der Waals surface area contributed by atoms with Crippen molar-refractivity contribution < 1.29 is 37.0 Å². The van der Waals surface area contributed by atoms with Crippen molar-refractivity contribution >= 4 is 12.3 Å². The summed E-state index contributed by atoms with van der Waals surface area (Å²) < 4.78 is 56.0. The first-order chi connectivity index (χ1) is 10.3. The highest BCUT2D eigenvalue weighted by Crippen LogP contribution is 2.31. The predicted octanol–water partition coefficient (Wildman–Crippen LogP) is 1.77. The lowest BCUT2D eigenvalue weighted by molar-refractivity contribution is -0.144. The third-order valence-corrected chi connectivity index (χ3v) is 2.94. The van der Waals surface area contributed by atoms with Gasteiger partial charge in [-0.05, 0) is 7.05 Å². The van der Waals surface area contributed by atoms with Gasteiger partial charge in [0.1, 0.15) is 29.6 Å². The molecule has 0 saturated carbocycles.